The maximum Gasteiger partial charge on any atom is 0.341 e. The summed E-state index contributed by atoms with van der Waals surface area (Å²) in [6, 6.07) is 24.2. The fourth-order valence-corrected chi connectivity index (χ4v) is 5.75. The molecule has 0 heterocycles. The highest BCUT2D eigenvalue weighted by molar-refractivity contribution is 7.64. The Morgan fingerprint density at radius 2 is 1.38 bits per heavy atom. The molecule has 26 heavy (non-hydrogen) atoms. The molecule has 1 aliphatic carbocycles. The number of rotatable bonds is 5. The molecule has 0 fully saturated rings. The standard InChI is InChI=1S/C22H19Cl3Si/c23-26(24,25)14-6-11-20-18-9-4-5-10-19(18)21-13-12-17(15-22(20)21)16-7-2-1-3-8-16/h1-5,7-10,12-13,15,20H,6,11,14H2. The van der Waals surface area contributed by atoms with Gasteiger partial charge in [-0.2, -0.15) is 0 Å². The van der Waals surface area contributed by atoms with Crippen LogP contribution < -0.4 is 0 Å². The minimum atomic E-state index is -2.56. The van der Waals surface area contributed by atoms with Gasteiger partial charge in [0.1, 0.15) is 0 Å². The van der Waals surface area contributed by atoms with Crippen LogP contribution in [0.25, 0.3) is 22.3 Å². The fourth-order valence-electron chi connectivity index (χ4n) is 3.94. The Balaban J connectivity index is 1.71. The first-order valence-electron chi connectivity index (χ1n) is 8.88. The average molecular weight is 418 g/mol. The molecule has 0 radical (unpaired) electrons. The van der Waals surface area contributed by atoms with E-state index in [9.17, 15) is 0 Å². The molecule has 3 aromatic rings. The summed E-state index contributed by atoms with van der Waals surface area (Å²) < 4.78 is 0. The number of halogens is 3. The minimum absolute atomic E-state index is 0.381. The Morgan fingerprint density at radius 1 is 0.692 bits per heavy atom. The highest BCUT2D eigenvalue weighted by Gasteiger charge is 2.30. The minimum Gasteiger partial charge on any atom is -0.126 e. The van der Waals surface area contributed by atoms with Crippen molar-refractivity contribution in [2.75, 3.05) is 0 Å². The van der Waals surface area contributed by atoms with E-state index >= 15 is 0 Å². The van der Waals surface area contributed by atoms with Gasteiger partial charge >= 0.3 is 6.00 Å². The van der Waals surface area contributed by atoms with Crippen LogP contribution in [0.5, 0.6) is 0 Å². The zero-order valence-corrected chi connectivity index (χ0v) is 17.5. The zero-order chi connectivity index (χ0) is 18.1. The topological polar surface area (TPSA) is 0 Å². The van der Waals surface area contributed by atoms with E-state index in [0.29, 0.717) is 12.0 Å². The van der Waals surface area contributed by atoms with Gasteiger partial charge in [0.2, 0.25) is 0 Å². The second-order valence-corrected chi connectivity index (χ2v) is 16.1. The molecule has 1 atom stereocenters. The SMILES string of the molecule is Cl[Si](Cl)(Cl)CCCC1c2ccccc2-c2ccc(-c3ccccc3)cc21. The molecule has 0 spiro atoms. The number of hydrogen-bond acceptors (Lipinski definition) is 0. The van der Waals surface area contributed by atoms with E-state index in [1.54, 1.807) is 0 Å². The molecule has 4 heteroatoms. The van der Waals surface area contributed by atoms with E-state index in [1.807, 2.05) is 0 Å². The molecule has 0 saturated heterocycles. The summed E-state index contributed by atoms with van der Waals surface area (Å²) in [7, 11) is 0. The first kappa shape index (κ1) is 18.1. The van der Waals surface area contributed by atoms with Gasteiger partial charge in [0.25, 0.3) is 0 Å². The van der Waals surface area contributed by atoms with Gasteiger partial charge in [-0.15, -0.1) is 33.2 Å². The predicted octanol–water partition coefficient (Wildman–Crippen LogP) is 7.90. The van der Waals surface area contributed by atoms with Gasteiger partial charge in [0.15, 0.2) is 0 Å². The summed E-state index contributed by atoms with van der Waals surface area (Å²) in [5, 5.41) is 0. The fraction of sp³-hybridized carbons (Fsp3) is 0.182. The number of hydrogen-bond donors (Lipinski definition) is 0. The Morgan fingerprint density at radius 3 is 2.15 bits per heavy atom. The molecular weight excluding hydrogens is 399 g/mol. The Kier molecular flexibility index (Phi) is 5.16. The predicted molar refractivity (Wildman–Crippen MR) is 117 cm³/mol. The maximum atomic E-state index is 6.09. The largest absolute Gasteiger partial charge is 0.341 e. The van der Waals surface area contributed by atoms with Crippen LogP contribution in [0.4, 0.5) is 0 Å². The van der Waals surface area contributed by atoms with E-state index in [1.165, 1.54) is 33.4 Å². The van der Waals surface area contributed by atoms with Crippen molar-refractivity contribution in [2.45, 2.75) is 24.8 Å². The molecule has 3 aromatic carbocycles. The molecule has 132 valence electrons. The van der Waals surface area contributed by atoms with Crippen LogP contribution in [-0.4, -0.2) is 6.00 Å². The van der Waals surface area contributed by atoms with Gasteiger partial charge < -0.3 is 0 Å². The van der Waals surface area contributed by atoms with Gasteiger partial charge in [-0.1, -0.05) is 73.2 Å². The molecule has 0 N–H and O–H groups in total. The van der Waals surface area contributed by atoms with Gasteiger partial charge in [-0.05, 0) is 51.9 Å². The van der Waals surface area contributed by atoms with Crippen LogP contribution in [0.15, 0.2) is 72.8 Å². The summed E-state index contributed by atoms with van der Waals surface area (Å²) in [4.78, 5) is 0. The van der Waals surface area contributed by atoms with Crippen molar-refractivity contribution in [1.29, 1.82) is 0 Å². The van der Waals surface area contributed by atoms with Crippen LogP contribution in [0.3, 0.4) is 0 Å². The normalized spacial score (nSPS) is 15.6. The van der Waals surface area contributed by atoms with Crippen LogP contribution in [0, 0.1) is 0 Å². The van der Waals surface area contributed by atoms with Gasteiger partial charge in [-0.3, -0.25) is 0 Å². The second kappa shape index (κ2) is 7.40. The van der Waals surface area contributed by atoms with E-state index in [-0.39, 0.29) is 0 Å². The lowest BCUT2D eigenvalue weighted by Crippen LogP contribution is -2.09. The number of benzene rings is 3. The molecular formula is C22H19Cl3Si. The van der Waals surface area contributed by atoms with Crippen molar-refractivity contribution in [3.63, 3.8) is 0 Å². The van der Waals surface area contributed by atoms with Crippen molar-refractivity contribution < 1.29 is 0 Å². The first-order chi connectivity index (χ1) is 12.5. The first-order valence-corrected chi connectivity index (χ1v) is 14.1. The summed E-state index contributed by atoms with van der Waals surface area (Å²) in [5.74, 6) is 0.381. The molecule has 0 bridgehead atoms. The Hall–Kier alpha value is -1.25. The third-order valence-electron chi connectivity index (χ3n) is 5.11. The molecule has 1 unspecified atom stereocenters. The molecule has 0 amide bonds. The average Bonchev–Trinajstić information content (AvgIpc) is 2.95. The molecule has 0 aromatic heterocycles. The summed E-state index contributed by atoms with van der Waals surface area (Å²) in [6.07, 6.45) is 1.96. The molecule has 1 aliphatic rings. The van der Waals surface area contributed by atoms with E-state index in [2.05, 4.69) is 72.8 Å². The third kappa shape index (κ3) is 3.72. The monoisotopic (exact) mass is 416 g/mol. The van der Waals surface area contributed by atoms with Crippen molar-refractivity contribution in [1.82, 2.24) is 0 Å². The second-order valence-electron chi connectivity index (χ2n) is 6.82. The van der Waals surface area contributed by atoms with Gasteiger partial charge in [0, 0.05) is 5.92 Å². The van der Waals surface area contributed by atoms with Crippen molar-refractivity contribution in [2.24, 2.45) is 0 Å². The molecule has 0 aliphatic heterocycles. The molecule has 0 nitrogen and oxygen atoms in total. The molecule has 0 saturated carbocycles. The summed E-state index contributed by atoms with van der Waals surface area (Å²) in [5.41, 5.74) is 8.00. The lowest BCUT2D eigenvalue weighted by molar-refractivity contribution is 0.709. The highest BCUT2D eigenvalue weighted by atomic mass is 35.8. The highest BCUT2D eigenvalue weighted by Crippen LogP contribution is 2.48. The quantitative estimate of drug-likeness (QED) is 0.292. The number of fused-ring (bicyclic) bond motifs is 3. The van der Waals surface area contributed by atoms with Gasteiger partial charge in [0.05, 0.1) is 0 Å². The Labute approximate surface area is 169 Å². The van der Waals surface area contributed by atoms with E-state index < -0.39 is 6.00 Å². The van der Waals surface area contributed by atoms with Crippen LogP contribution in [-0.2, 0) is 0 Å². The molecule has 4 rings (SSSR count). The van der Waals surface area contributed by atoms with Crippen LogP contribution >= 0.6 is 33.2 Å². The van der Waals surface area contributed by atoms with Crippen LogP contribution in [0.2, 0.25) is 6.04 Å². The third-order valence-corrected chi connectivity index (χ3v) is 7.73. The maximum absolute atomic E-state index is 6.09. The zero-order valence-electron chi connectivity index (χ0n) is 14.3. The van der Waals surface area contributed by atoms with E-state index in [4.69, 9.17) is 33.2 Å². The van der Waals surface area contributed by atoms with Crippen molar-refractivity contribution >= 4 is 39.2 Å². The van der Waals surface area contributed by atoms with E-state index in [0.717, 1.165) is 12.8 Å². The smallest absolute Gasteiger partial charge is 0.126 e. The van der Waals surface area contributed by atoms with Gasteiger partial charge in [-0.25, -0.2) is 0 Å². The van der Waals surface area contributed by atoms with Crippen molar-refractivity contribution in [3.05, 3.63) is 83.9 Å². The summed E-state index contributed by atoms with van der Waals surface area (Å²) >= 11 is 18.3. The summed E-state index contributed by atoms with van der Waals surface area (Å²) in [6.45, 7) is 0. The Bertz CT molecular complexity index is 916. The lowest BCUT2D eigenvalue weighted by Gasteiger charge is -2.16. The van der Waals surface area contributed by atoms with Crippen LogP contribution in [0.1, 0.15) is 29.9 Å². The lowest BCUT2D eigenvalue weighted by atomic mass is 9.90. The van der Waals surface area contributed by atoms with Crippen molar-refractivity contribution in [3.8, 4) is 22.3 Å².